The van der Waals surface area contributed by atoms with Crippen molar-refractivity contribution in [1.29, 1.82) is 0 Å². The van der Waals surface area contributed by atoms with Gasteiger partial charge in [0.25, 0.3) is 0 Å². The average Bonchev–Trinajstić information content (AvgIpc) is 2.36. The number of halogens is 6. The highest BCUT2D eigenvalue weighted by molar-refractivity contribution is 5.80. The van der Waals surface area contributed by atoms with Crippen LogP contribution in [0.3, 0.4) is 0 Å². The van der Waals surface area contributed by atoms with E-state index in [0.717, 1.165) is 12.1 Å². The van der Waals surface area contributed by atoms with Crippen molar-refractivity contribution in [2.75, 3.05) is 0 Å². The molecule has 1 aliphatic rings. The number of hydrogen-bond donors (Lipinski definition) is 0. The first-order valence-electron chi connectivity index (χ1n) is 6.64. The van der Waals surface area contributed by atoms with Gasteiger partial charge in [0.15, 0.2) is 0 Å². The number of benzene rings is 1. The van der Waals surface area contributed by atoms with Gasteiger partial charge in [0.2, 0.25) is 0 Å². The van der Waals surface area contributed by atoms with E-state index in [4.69, 9.17) is 0 Å². The Kier molecular flexibility index (Phi) is 4.15. The molecular weight excluding hydrogens is 306 g/mol. The lowest BCUT2D eigenvalue weighted by atomic mass is 9.86. The fourth-order valence-corrected chi connectivity index (χ4v) is 2.52. The van der Waals surface area contributed by atoms with E-state index in [0.29, 0.717) is 16.7 Å². The lowest BCUT2D eigenvalue weighted by Gasteiger charge is -2.23. The van der Waals surface area contributed by atoms with E-state index in [-0.39, 0.29) is 12.0 Å². The first kappa shape index (κ1) is 16.6. The number of alkyl halides is 6. The van der Waals surface area contributed by atoms with Gasteiger partial charge in [-0.25, -0.2) is 0 Å². The van der Waals surface area contributed by atoms with Crippen LogP contribution in [0.15, 0.2) is 35.9 Å². The minimum absolute atomic E-state index is 0.00664. The Morgan fingerprint density at radius 1 is 1.00 bits per heavy atom. The summed E-state index contributed by atoms with van der Waals surface area (Å²) in [6.07, 6.45) is -6.40. The van der Waals surface area contributed by atoms with Gasteiger partial charge in [-0.05, 0) is 48.6 Å². The van der Waals surface area contributed by atoms with Crippen molar-refractivity contribution in [3.8, 4) is 0 Å². The van der Waals surface area contributed by atoms with Crippen molar-refractivity contribution in [1.82, 2.24) is 0 Å². The third-order valence-corrected chi connectivity index (χ3v) is 3.73. The normalized spacial score (nSPS) is 19.7. The molecule has 0 radical (unpaired) electrons. The van der Waals surface area contributed by atoms with Crippen molar-refractivity contribution in [2.45, 2.75) is 32.6 Å². The second kappa shape index (κ2) is 5.48. The summed E-state index contributed by atoms with van der Waals surface area (Å²) in [6.45, 7) is 2.96. The molecule has 1 unspecified atom stereocenters. The molecule has 0 N–H and O–H groups in total. The van der Waals surface area contributed by atoms with Gasteiger partial charge in [-0.2, -0.15) is 26.3 Å². The second-order valence-corrected chi connectivity index (χ2v) is 5.38. The third kappa shape index (κ3) is 3.36. The van der Waals surface area contributed by atoms with E-state index in [1.807, 2.05) is 0 Å². The van der Waals surface area contributed by atoms with Gasteiger partial charge in [-0.15, -0.1) is 0 Å². The van der Waals surface area contributed by atoms with Crippen LogP contribution in [0.25, 0.3) is 5.57 Å². The van der Waals surface area contributed by atoms with Crippen LogP contribution in [0, 0.1) is 12.8 Å². The van der Waals surface area contributed by atoms with Crippen LogP contribution in [-0.4, -0.2) is 6.18 Å². The summed E-state index contributed by atoms with van der Waals surface area (Å²) in [4.78, 5) is 0. The maximum atomic E-state index is 12.8. The minimum atomic E-state index is -4.47. The highest BCUT2D eigenvalue weighted by atomic mass is 19.4. The largest absolute Gasteiger partial charge is 0.416 e. The molecule has 0 spiro atoms. The molecule has 1 atom stereocenters. The maximum Gasteiger partial charge on any atom is 0.416 e. The summed E-state index contributed by atoms with van der Waals surface area (Å²) in [6, 6.07) is 3.42. The average molecular weight is 320 g/mol. The summed E-state index contributed by atoms with van der Waals surface area (Å²) in [7, 11) is 0. The van der Waals surface area contributed by atoms with E-state index in [1.54, 1.807) is 6.92 Å². The molecule has 1 aromatic rings. The molecule has 0 aromatic heterocycles. The summed E-state index contributed by atoms with van der Waals surface area (Å²) in [5.74, 6) is -1.60. The quantitative estimate of drug-likeness (QED) is 0.563. The molecule has 6 heteroatoms. The first-order chi connectivity index (χ1) is 10.00. The van der Waals surface area contributed by atoms with Crippen LogP contribution >= 0.6 is 0 Å². The van der Waals surface area contributed by atoms with Crippen molar-refractivity contribution in [3.05, 3.63) is 52.6 Å². The summed E-state index contributed by atoms with van der Waals surface area (Å²) in [5.41, 5.74) is 0.563. The van der Waals surface area contributed by atoms with Crippen LogP contribution in [0.1, 0.15) is 30.0 Å². The predicted octanol–water partition coefficient (Wildman–Crippen LogP) is 5.93. The predicted molar refractivity (Wildman–Crippen MR) is 72.1 cm³/mol. The summed E-state index contributed by atoms with van der Waals surface area (Å²) >= 11 is 0. The van der Waals surface area contributed by atoms with Gasteiger partial charge in [-0.3, -0.25) is 0 Å². The monoisotopic (exact) mass is 320 g/mol. The zero-order valence-corrected chi connectivity index (χ0v) is 11.9. The second-order valence-electron chi connectivity index (χ2n) is 5.38. The van der Waals surface area contributed by atoms with Crippen molar-refractivity contribution in [2.24, 2.45) is 5.92 Å². The number of aryl methyl sites for hydroxylation is 1. The van der Waals surface area contributed by atoms with E-state index in [2.05, 4.69) is 0 Å². The van der Waals surface area contributed by atoms with Crippen LogP contribution in [-0.2, 0) is 6.18 Å². The molecule has 22 heavy (non-hydrogen) atoms. The Bertz CT molecular complexity index is 631. The van der Waals surface area contributed by atoms with E-state index in [9.17, 15) is 26.3 Å². The van der Waals surface area contributed by atoms with Crippen LogP contribution in [0.2, 0.25) is 0 Å². The lowest BCUT2D eigenvalue weighted by Crippen LogP contribution is -2.22. The standard InChI is InChI=1S/C16H14F6/c1-9-3-5-12(15(17,18)19)8-13(9)11-4-6-14(10(2)7-11)16(20,21)22/h3-4,6-8,12H,5H2,1-2H3. The van der Waals surface area contributed by atoms with Crippen molar-refractivity contribution < 1.29 is 26.3 Å². The Morgan fingerprint density at radius 2 is 1.64 bits per heavy atom. The van der Waals surface area contributed by atoms with Gasteiger partial charge in [0.05, 0.1) is 11.5 Å². The molecule has 0 fully saturated rings. The zero-order chi connectivity index (χ0) is 16.7. The number of allylic oxidation sites excluding steroid dienone is 4. The molecule has 120 valence electrons. The maximum absolute atomic E-state index is 12.8. The third-order valence-electron chi connectivity index (χ3n) is 3.73. The highest BCUT2D eigenvalue weighted by Crippen LogP contribution is 2.40. The van der Waals surface area contributed by atoms with E-state index >= 15 is 0 Å². The Labute approximate surface area is 124 Å². The molecule has 1 aliphatic carbocycles. The van der Waals surface area contributed by atoms with E-state index in [1.165, 1.54) is 25.1 Å². The van der Waals surface area contributed by atoms with Crippen molar-refractivity contribution >= 4 is 5.57 Å². The number of rotatable bonds is 1. The first-order valence-corrected chi connectivity index (χ1v) is 6.64. The van der Waals surface area contributed by atoms with Gasteiger partial charge in [0, 0.05) is 0 Å². The molecule has 0 heterocycles. The van der Waals surface area contributed by atoms with Gasteiger partial charge >= 0.3 is 12.4 Å². The molecule has 0 nitrogen and oxygen atoms in total. The minimum Gasteiger partial charge on any atom is -0.170 e. The van der Waals surface area contributed by atoms with Crippen LogP contribution < -0.4 is 0 Å². The summed E-state index contributed by atoms with van der Waals surface area (Å²) < 4.78 is 76.7. The molecule has 0 aliphatic heterocycles. The molecule has 0 bridgehead atoms. The Hall–Kier alpha value is -1.72. The molecular formula is C16H14F6. The smallest absolute Gasteiger partial charge is 0.170 e. The fourth-order valence-electron chi connectivity index (χ4n) is 2.52. The fraction of sp³-hybridized carbons (Fsp3) is 0.375. The lowest BCUT2D eigenvalue weighted by molar-refractivity contribution is -0.160. The molecule has 2 rings (SSSR count). The van der Waals surface area contributed by atoms with Crippen LogP contribution in [0.4, 0.5) is 26.3 Å². The van der Waals surface area contributed by atoms with Crippen LogP contribution in [0.5, 0.6) is 0 Å². The highest BCUT2D eigenvalue weighted by Gasteiger charge is 2.39. The van der Waals surface area contributed by atoms with Gasteiger partial charge in [0.1, 0.15) is 0 Å². The topological polar surface area (TPSA) is 0 Å². The van der Waals surface area contributed by atoms with Crippen molar-refractivity contribution in [3.63, 3.8) is 0 Å². The SMILES string of the molecule is CC1=CCC(C(F)(F)F)C=C1c1ccc(C(F)(F)F)c(C)c1. The number of hydrogen-bond acceptors (Lipinski definition) is 0. The van der Waals surface area contributed by atoms with Gasteiger partial charge in [-0.1, -0.05) is 24.3 Å². The molecule has 0 amide bonds. The zero-order valence-electron chi connectivity index (χ0n) is 11.9. The van der Waals surface area contributed by atoms with E-state index < -0.39 is 23.8 Å². The molecule has 0 saturated carbocycles. The Morgan fingerprint density at radius 3 is 2.14 bits per heavy atom. The Balaban J connectivity index is 2.44. The molecule has 1 aromatic carbocycles. The summed E-state index contributed by atoms with van der Waals surface area (Å²) in [5, 5.41) is 0. The molecule has 0 saturated heterocycles. The van der Waals surface area contributed by atoms with Gasteiger partial charge < -0.3 is 0 Å².